The van der Waals surface area contributed by atoms with Gasteiger partial charge in [-0.3, -0.25) is 4.79 Å². The quantitative estimate of drug-likeness (QED) is 0.771. The van der Waals surface area contributed by atoms with E-state index in [1.54, 1.807) is 0 Å². The molecule has 0 aliphatic rings. The molecule has 0 unspecified atom stereocenters. The van der Waals surface area contributed by atoms with Gasteiger partial charge in [-0.2, -0.15) is 0 Å². The number of hydrogen-bond acceptors (Lipinski definition) is 2. The first-order valence-corrected chi connectivity index (χ1v) is 5.74. The maximum absolute atomic E-state index is 11.0. The molecule has 1 aromatic rings. The van der Waals surface area contributed by atoms with E-state index in [1.807, 2.05) is 39.0 Å². The van der Waals surface area contributed by atoms with Gasteiger partial charge in [0.1, 0.15) is 0 Å². The Labute approximate surface area is 99.8 Å². The minimum Gasteiger partial charge on any atom is -0.469 e. The van der Waals surface area contributed by atoms with Gasteiger partial charge in [0.05, 0.1) is 13.5 Å². The van der Waals surface area contributed by atoms with Crippen molar-refractivity contribution in [1.29, 1.82) is 0 Å². The fourth-order valence-corrected chi connectivity index (χ4v) is 1.81. The van der Waals surface area contributed by atoms with Crippen LogP contribution in [0, 0.1) is 6.92 Å². The van der Waals surface area contributed by atoms with Crippen molar-refractivity contribution >= 4 is 21.9 Å². The molecule has 0 radical (unpaired) electrons. The van der Waals surface area contributed by atoms with Crippen LogP contribution in [-0.4, -0.2) is 13.1 Å². The molecule has 0 aromatic heterocycles. The number of aryl methyl sites for hydroxylation is 1. The monoisotopic (exact) mass is 272 g/mol. The van der Waals surface area contributed by atoms with Crippen LogP contribution in [0.3, 0.4) is 0 Å². The van der Waals surface area contributed by atoms with E-state index in [-0.39, 0.29) is 5.97 Å². The minimum atomic E-state index is -0.211. The SMILES string of the molecule is CC.COC(=O)Cc1cc(C)cc(Br)c1. The van der Waals surface area contributed by atoms with Crippen LogP contribution in [0.2, 0.25) is 0 Å². The lowest BCUT2D eigenvalue weighted by Crippen LogP contribution is -2.04. The first kappa shape index (κ1) is 14.2. The topological polar surface area (TPSA) is 26.3 Å². The second-order valence-electron chi connectivity index (χ2n) is 2.89. The predicted molar refractivity (Wildman–Crippen MR) is 65.9 cm³/mol. The van der Waals surface area contributed by atoms with Gasteiger partial charge in [0.15, 0.2) is 0 Å². The molecular weight excluding hydrogens is 256 g/mol. The van der Waals surface area contributed by atoms with Crippen molar-refractivity contribution < 1.29 is 9.53 Å². The predicted octanol–water partition coefficient (Wildman–Crippen LogP) is 3.50. The first-order valence-electron chi connectivity index (χ1n) is 4.94. The molecule has 0 aliphatic carbocycles. The molecule has 0 heterocycles. The normalized spacial score (nSPS) is 8.87. The average Bonchev–Trinajstić information content (AvgIpc) is 2.19. The lowest BCUT2D eigenvalue weighted by molar-refractivity contribution is -0.139. The number of ether oxygens (including phenoxy) is 1. The van der Waals surface area contributed by atoms with Gasteiger partial charge in [-0.25, -0.2) is 0 Å². The van der Waals surface area contributed by atoms with Gasteiger partial charge >= 0.3 is 5.97 Å². The standard InChI is InChI=1S/C10H11BrO2.C2H6/c1-7-3-8(5-9(11)4-7)6-10(12)13-2;1-2/h3-5H,6H2,1-2H3;1-2H3. The van der Waals surface area contributed by atoms with Gasteiger partial charge in [0.25, 0.3) is 0 Å². The molecule has 0 N–H and O–H groups in total. The molecule has 0 aliphatic heterocycles. The first-order chi connectivity index (χ1) is 7.11. The largest absolute Gasteiger partial charge is 0.469 e. The van der Waals surface area contributed by atoms with Gasteiger partial charge in [0.2, 0.25) is 0 Å². The Hall–Kier alpha value is -0.830. The number of carbonyl (C=O) groups is 1. The zero-order valence-electron chi connectivity index (χ0n) is 9.63. The van der Waals surface area contributed by atoms with Crippen LogP contribution in [0.5, 0.6) is 0 Å². The lowest BCUT2D eigenvalue weighted by Gasteiger charge is -2.02. The molecule has 2 nitrogen and oxygen atoms in total. The van der Waals surface area contributed by atoms with Crippen LogP contribution in [0.25, 0.3) is 0 Å². The van der Waals surface area contributed by atoms with E-state index in [0.717, 1.165) is 15.6 Å². The Balaban J connectivity index is 0.000000921. The fourth-order valence-electron chi connectivity index (χ4n) is 1.15. The van der Waals surface area contributed by atoms with E-state index in [0.29, 0.717) is 6.42 Å². The van der Waals surface area contributed by atoms with Crippen molar-refractivity contribution in [3.05, 3.63) is 33.8 Å². The molecule has 15 heavy (non-hydrogen) atoms. The third-order valence-corrected chi connectivity index (χ3v) is 2.14. The molecule has 0 saturated carbocycles. The van der Waals surface area contributed by atoms with Gasteiger partial charge in [-0.15, -0.1) is 0 Å². The highest BCUT2D eigenvalue weighted by atomic mass is 79.9. The van der Waals surface area contributed by atoms with E-state index in [4.69, 9.17) is 0 Å². The van der Waals surface area contributed by atoms with Crippen molar-refractivity contribution in [2.45, 2.75) is 27.2 Å². The lowest BCUT2D eigenvalue weighted by atomic mass is 10.1. The summed E-state index contributed by atoms with van der Waals surface area (Å²) in [5.74, 6) is -0.211. The third kappa shape index (κ3) is 5.57. The summed E-state index contributed by atoms with van der Waals surface area (Å²) in [7, 11) is 1.40. The maximum Gasteiger partial charge on any atom is 0.309 e. The molecule has 0 atom stereocenters. The third-order valence-electron chi connectivity index (χ3n) is 1.68. The molecule has 0 spiro atoms. The Kier molecular flexibility index (Phi) is 7.05. The van der Waals surface area contributed by atoms with Crippen LogP contribution in [0.4, 0.5) is 0 Å². The average molecular weight is 273 g/mol. The summed E-state index contributed by atoms with van der Waals surface area (Å²) in [6.45, 7) is 5.99. The van der Waals surface area contributed by atoms with Crippen molar-refractivity contribution in [2.24, 2.45) is 0 Å². The second-order valence-corrected chi connectivity index (χ2v) is 3.81. The maximum atomic E-state index is 11.0. The summed E-state index contributed by atoms with van der Waals surface area (Å²) in [6.07, 6.45) is 0.330. The summed E-state index contributed by atoms with van der Waals surface area (Å²) in [5.41, 5.74) is 2.10. The Morgan fingerprint density at radius 1 is 1.33 bits per heavy atom. The number of esters is 1. The summed E-state index contributed by atoms with van der Waals surface area (Å²) in [4.78, 5) is 11.0. The summed E-state index contributed by atoms with van der Waals surface area (Å²) >= 11 is 3.37. The van der Waals surface area contributed by atoms with E-state index in [1.165, 1.54) is 7.11 Å². The summed E-state index contributed by atoms with van der Waals surface area (Å²) in [5, 5.41) is 0. The molecule has 1 aromatic carbocycles. The molecule has 0 amide bonds. The van der Waals surface area contributed by atoms with Crippen LogP contribution in [-0.2, 0) is 16.0 Å². The highest BCUT2D eigenvalue weighted by Crippen LogP contribution is 2.15. The van der Waals surface area contributed by atoms with Crippen LogP contribution >= 0.6 is 15.9 Å². The number of rotatable bonds is 2. The number of methoxy groups -OCH3 is 1. The number of hydrogen-bond donors (Lipinski definition) is 0. The fraction of sp³-hybridized carbons (Fsp3) is 0.417. The molecule has 0 saturated heterocycles. The molecule has 0 fully saturated rings. The van der Waals surface area contributed by atoms with E-state index in [2.05, 4.69) is 20.7 Å². The molecule has 1 rings (SSSR count). The van der Waals surface area contributed by atoms with Crippen LogP contribution < -0.4 is 0 Å². The zero-order chi connectivity index (χ0) is 11.8. The van der Waals surface area contributed by atoms with Gasteiger partial charge in [-0.1, -0.05) is 35.8 Å². The van der Waals surface area contributed by atoms with Gasteiger partial charge in [0, 0.05) is 4.47 Å². The Bertz CT molecular complexity index is 301. The molecule has 0 bridgehead atoms. The Morgan fingerprint density at radius 2 is 1.93 bits per heavy atom. The van der Waals surface area contributed by atoms with Gasteiger partial charge in [-0.05, 0) is 30.2 Å². The second kappa shape index (κ2) is 7.46. The summed E-state index contributed by atoms with van der Waals surface area (Å²) < 4.78 is 5.57. The van der Waals surface area contributed by atoms with Crippen molar-refractivity contribution in [2.75, 3.05) is 7.11 Å². The molecule has 3 heteroatoms. The van der Waals surface area contributed by atoms with Crippen LogP contribution in [0.1, 0.15) is 25.0 Å². The molecule has 84 valence electrons. The van der Waals surface area contributed by atoms with Crippen molar-refractivity contribution in [3.8, 4) is 0 Å². The minimum absolute atomic E-state index is 0.211. The van der Waals surface area contributed by atoms with Crippen molar-refractivity contribution in [1.82, 2.24) is 0 Å². The zero-order valence-corrected chi connectivity index (χ0v) is 11.2. The summed E-state index contributed by atoms with van der Waals surface area (Å²) in [6, 6.07) is 5.90. The highest BCUT2D eigenvalue weighted by Gasteiger charge is 2.03. The van der Waals surface area contributed by atoms with E-state index in [9.17, 15) is 4.79 Å². The van der Waals surface area contributed by atoms with E-state index < -0.39 is 0 Å². The number of halogens is 1. The molecular formula is C12H17BrO2. The number of carbonyl (C=O) groups excluding carboxylic acids is 1. The smallest absolute Gasteiger partial charge is 0.309 e. The Morgan fingerprint density at radius 3 is 2.40 bits per heavy atom. The van der Waals surface area contributed by atoms with Gasteiger partial charge < -0.3 is 4.74 Å². The highest BCUT2D eigenvalue weighted by molar-refractivity contribution is 9.10. The number of benzene rings is 1. The van der Waals surface area contributed by atoms with Crippen LogP contribution in [0.15, 0.2) is 22.7 Å². The van der Waals surface area contributed by atoms with E-state index >= 15 is 0 Å². The van der Waals surface area contributed by atoms with Crippen molar-refractivity contribution in [3.63, 3.8) is 0 Å².